The molecule has 122 valence electrons. The van der Waals surface area contributed by atoms with Crippen LogP contribution in [-0.4, -0.2) is 23.8 Å². The van der Waals surface area contributed by atoms with Crippen molar-refractivity contribution in [1.82, 2.24) is 4.98 Å². The molecule has 0 aliphatic heterocycles. The van der Waals surface area contributed by atoms with Crippen molar-refractivity contribution in [1.29, 1.82) is 0 Å². The number of thiazole rings is 1. The molecule has 0 bridgehead atoms. The van der Waals surface area contributed by atoms with E-state index < -0.39 is 16.7 Å². The maximum absolute atomic E-state index is 13.7. The first-order valence-corrected chi connectivity index (χ1v) is 7.79. The van der Waals surface area contributed by atoms with E-state index in [4.69, 9.17) is 16.3 Å². The van der Waals surface area contributed by atoms with Gasteiger partial charge in [-0.15, -0.1) is 11.3 Å². The van der Waals surface area contributed by atoms with E-state index in [1.54, 1.807) is 12.3 Å². The molecule has 9 heteroatoms. The van der Waals surface area contributed by atoms with Crippen LogP contribution in [0.2, 0.25) is 5.02 Å². The Morgan fingerprint density at radius 3 is 3.04 bits per heavy atom. The van der Waals surface area contributed by atoms with E-state index in [-0.39, 0.29) is 18.0 Å². The van der Waals surface area contributed by atoms with Crippen molar-refractivity contribution in [3.8, 4) is 0 Å². The van der Waals surface area contributed by atoms with Gasteiger partial charge in [-0.3, -0.25) is 10.2 Å². The molecule has 1 N–H and O–H groups in total. The van der Waals surface area contributed by atoms with E-state index in [0.717, 1.165) is 12.3 Å². The number of hydrogen-bond acceptors (Lipinski definition) is 6. The van der Waals surface area contributed by atoms with Crippen molar-refractivity contribution in [3.05, 3.63) is 45.4 Å². The topological polar surface area (TPSA) is 63.6 Å². The minimum atomic E-state index is -0.889. The van der Waals surface area contributed by atoms with Crippen LogP contribution in [0.25, 0.3) is 0 Å². The summed E-state index contributed by atoms with van der Waals surface area (Å²) in [5.41, 5.74) is 3.18. The molecule has 0 unspecified atom stereocenters. The van der Waals surface area contributed by atoms with Crippen LogP contribution in [0.4, 0.5) is 13.9 Å². The van der Waals surface area contributed by atoms with Crippen molar-refractivity contribution >= 4 is 40.3 Å². The molecule has 0 fully saturated rings. The summed E-state index contributed by atoms with van der Waals surface area (Å²) in [6, 6.07) is 2.27. The molecule has 0 aliphatic carbocycles. The van der Waals surface area contributed by atoms with E-state index in [2.05, 4.69) is 15.5 Å². The summed E-state index contributed by atoms with van der Waals surface area (Å²) in [6.45, 7) is 2.03. The van der Waals surface area contributed by atoms with Crippen molar-refractivity contribution in [2.75, 3.05) is 12.0 Å². The largest absolute Gasteiger partial charge is 0.466 e. The van der Waals surface area contributed by atoms with Crippen LogP contribution in [0.1, 0.15) is 18.2 Å². The molecule has 1 aromatic heterocycles. The van der Waals surface area contributed by atoms with Gasteiger partial charge in [0, 0.05) is 10.9 Å². The average Bonchev–Trinajstić information content (AvgIpc) is 2.95. The number of ether oxygens (including phenoxy) is 1. The molecule has 0 amide bonds. The Morgan fingerprint density at radius 2 is 2.30 bits per heavy atom. The highest BCUT2D eigenvalue weighted by atomic mass is 35.5. The lowest BCUT2D eigenvalue weighted by molar-refractivity contribution is -0.142. The summed E-state index contributed by atoms with van der Waals surface area (Å²) in [6.07, 6.45) is 1.23. The lowest BCUT2D eigenvalue weighted by Crippen LogP contribution is -2.07. The molecule has 0 radical (unpaired) electrons. The van der Waals surface area contributed by atoms with Gasteiger partial charge >= 0.3 is 5.97 Å². The number of rotatable bonds is 6. The van der Waals surface area contributed by atoms with E-state index in [1.165, 1.54) is 17.4 Å². The van der Waals surface area contributed by atoms with Crippen LogP contribution in [0, 0.1) is 11.6 Å². The Kier molecular flexibility index (Phi) is 6.00. The van der Waals surface area contributed by atoms with Crippen molar-refractivity contribution in [3.63, 3.8) is 0 Å². The van der Waals surface area contributed by atoms with Crippen molar-refractivity contribution in [2.45, 2.75) is 13.3 Å². The lowest BCUT2D eigenvalue weighted by atomic mass is 10.2. The number of benzene rings is 1. The van der Waals surface area contributed by atoms with E-state index in [0.29, 0.717) is 17.4 Å². The standard InChI is InChI=1S/C14H12ClF2N3O2S/c1-2-22-11(21)5-9-7-23-14(19-9)20-18-6-8-3-4-10(16)12(15)13(8)17/h3-4,6-7H,2,5H2,1H3,(H,19,20). The lowest BCUT2D eigenvalue weighted by Gasteiger charge is -2.00. The first-order chi connectivity index (χ1) is 11.0. The fraction of sp³-hybridized carbons (Fsp3) is 0.214. The Bertz CT molecular complexity index is 737. The zero-order chi connectivity index (χ0) is 16.8. The molecule has 0 saturated carbocycles. The molecule has 2 aromatic rings. The molecule has 2 rings (SSSR count). The monoisotopic (exact) mass is 359 g/mol. The predicted octanol–water partition coefficient (Wildman–Crippen LogP) is 3.63. The molecular weight excluding hydrogens is 348 g/mol. The van der Waals surface area contributed by atoms with Crippen molar-refractivity contribution < 1.29 is 18.3 Å². The molecule has 0 saturated heterocycles. The average molecular weight is 360 g/mol. The number of anilines is 1. The quantitative estimate of drug-likeness (QED) is 0.370. The highest BCUT2D eigenvalue weighted by Gasteiger charge is 2.10. The minimum Gasteiger partial charge on any atom is -0.466 e. The third-order valence-corrected chi connectivity index (χ3v) is 3.75. The third kappa shape index (κ3) is 4.70. The molecule has 1 heterocycles. The summed E-state index contributed by atoms with van der Waals surface area (Å²) in [5, 5.41) is 5.33. The Hall–Kier alpha value is -2.06. The molecule has 1 aromatic carbocycles. The molecular formula is C14H12ClF2N3O2S. The van der Waals surface area contributed by atoms with Gasteiger partial charge in [-0.05, 0) is 19.1 Å². The Balaban J connectivity index is 1.97. The van der Waals surface area contributed by atoms with Gasteiger partial charge in [-0.1, -0.05) is 11.6 Å². The van der Waals surface area contributed by atoms with E-state index in [1.807, 2.05) is 0 Å². The first-order valence-electron chi connectivity index (χ1n) is 6.53. The van der Waals surface area contributed by atoms with Gasteiger partial charge in [0.25, 0.3) is 0 Å². The zero-order valence-electron chi connectivity index (χ0n) is 12.0. The fourth-order valence-corrected chi connectivity index (χ4v) is 2.43. The number of aromatic nitrogens is 1. The summed E-state index contributed by atoms with van der Waals surface area (Å²) in [7, 11) is 0. The van der Waals surface area contributed by atoms with Gasteiger partial charge in [0.2, 0.25) is 5.13 Å². The van der Waals surface area contributed by atoms with E-state index in [9.17, 15) is 13.6 Å². The predicted molar refractivity (Wildman–Crippen MR) is 85.0 cm³/mol. The number of nitrogens with zero attached hydrogens (tertiary/aromatic N) is 2. The van der Waals surface area contributed by atoms with Crippen molar-refractivity contribution in [2.24, 2.45) is 5.10 Å². The van der Waals surface area contributed by atoms with Gasteiger partial charge in [-0.25, -0.2) is 13.8 Å². The molecule has 5 nitrogen and oxygen atoms in total. The number of halogens is 3. The number of carbonyl (C=O) groups excluding carboxylic acids is 1. The second-order valence-corrected chi connectivity index (χ2v) is 5.50. The second-order valence-electron chi connectivity index (χ2n) is 4.26. The Labute approximate surface area is 139 Å². The molecule has 0 spiro atoms. The highest BCUT2D eigenvalue weighted by Crippen LogP contribution is 2.21. The second kappa shape index (κ2) is 7.98. The maximum atomic E-state index is 13.7. The SMILES string of the molecule is CCOC(=O)Cc1csc(NN=Cc2ccc(F)c(Cl)c2F)n1. The zero-order valence-corrected chi connectivity index (χ0v) is 13.5. The van der Waals surface area contributed by atoms with Gasteiger partial charge in [0.1, 0.15) is 10.8 Å². The summed E-state index contributed by atoms with van der Waals surface area (Å²) < 4.78 is 31.5. The van der Waals surface area contributed by atoms with Crippen LogP contribution in [0.3, 0.4) is 0 Å². The third-order valence-electron chi connectivity index (χ3n) is 2.61. The number of hydrazone groups is 1. The molecule has 23 heavy (non-hydrogen) atoms. The molecule has 0 atom stereocenters. The Morgan fingerprint density at radius 1 is 1.52 bits per heavy atom. The van der Waals surface area contributed by atoms with Crippen LogP contribution < -0.4 is 5.43 Å². The highest BCUT2D eigenvalue weighted by molar-refractivity contribution is 7.13. The van der Waals surface area contributed by atoms with Crippen LogP contribution in [-0.2, 0) is 16.0 Å². The van der Waals surface area contributed by atoms with Crippen LogP contribution >= 0.6 is 22.9 Å². The summed E-state index contributed by atoms with van der Waals surface area (Å²) in [4.78, 5) is 15.5. The molecule has 0 aliphatic rings. The number of nitrogens with one attached hydrogen (secondary N) is 1. The number of hydrogen-bond donors (Lipinski definition) is 1. The minimum absolute atomic E-state index is 0.0344. The number of carbonyl (C=O) groups is 1. The summed E-state index contributed by atoms with van der Waals surface area (Å²) in [5.74, 6) is -2.09. The smallest absolute Gasteiger partial charge is 0.311 e. The van der Waals surface area contributed by atoms with Gasteiger partial charge in [0.05, 0.1) is 24.9 Å². The summed E-state index contributed by atoms with van der Waals surface area (Å²) >= 11 is 6.70. The van der Waals surface area contributed by atoms with E-state index >= 15 is 0 Å². The van der Waals surface area contributed by atoms with Gasteiger partial charge in [0.15, 0.2) is 5.82 Å². The van der Waals surface area contributed by atoms with Crippen LogP contribution in [0.5, 0.6) is 0 Å². The maximum Gasteiger partial charge on any atom is 0.311 e. The fourth-order valence-electron chi connectivity index (χ4n) is 1.60. The first kappa shape index (κ1) is 17.3. The normalized spacial score (nSPS) is 11.0. The number of esters is 1. The van der Waals surface area contributed by atoms with Gasteiger partial charge < -0.3 is 4.74 Å². The van der Waals surface area contributed by atoms with Gasteiger partial charge in [-0.2, -0.15) is 5.10 Å². The van der Waals surface area contributed by atoms with Crippen LogP contribution in [0.15, 0.2) is 22.6 Å².